The first-order valence-corrected chi connectivity index (χ1v) is 8.81. The third kappa shape index (κ3) is 2.73. The standard InChI is InChI=1S/C19H21N3O4/c1-20-17(23)16-12-19(13-4-2-3-5-14(13)25-16)7-10-22(11-8-19)18(24)15-6-9-21-26-15/h2-6,9,16H,7-8,10-12H2,1H3,(H,20,23). The number of carbonyl (C=O) groups is 2. The zero-order chi connectivity index (χ0) is 18.1. The van der Waals surface area contributed by atoms with Gasteiger partial charge in [-0.2, -0.15) is 0 Å². The van der Waals surface area contributed by atoms with Crippen LogP contribution in [-0.2, 0) is 10.2 Å². The van der Waals surface area contributed by atoms with Gasteiger partial charge in [0.2, 0.25) is 5.76 Å². The lowest BCUT2D eigenvalue weighted by atomic mass is 9.67. The van der Waals surface area contributed by atoms with Crippen molar-refractivity contribution in [1.29, 1.82) is 0 Å². The molecule has 4 rings (SSSR count). The molecule has 1 aromatic heterocycles. The van der Waals surface area contributed by atoms with Crippen LogP contribution in [0.2, 0.25) is 0 Å². The molecular formula is C19H21N3O4. The average Bonchev–Trinajstić information content (AvgIpc) is 3.22. The van der Waals surface area contributed by atoms with E-state index in [9.17, 15) is 9.59 Å². The number of likely N-dealkylation sites (tertiary alicyclic amines) is 1. The fourth-order valence-electron chi connectivity index (χ4n) is 4.07. The van der Waals surface area contributed by atoms with Crippen LogP contribution < -0.4 is 10.1 Å². The molecule has 0 aliphatic carbocycles. The van der Waals surface area contributed by atoms with Gasteiger partial charge in [-0.1, -0.05) is 23.4 Å². The van der Waals surface area contributed by atoms with Crippen LogP contribution in [0.15, 0.2) is 41.1 Å². The smallest absolute Gasteiger partial charge is 0.292 e. The zero-order valence-corrected chi connectivity index (χ0v) is 14.6. The number of hydrogen-bond acceptors (Lipinski definition) is 5. The molecular weight excluding hydrogens is 334 g/mol. The summed E-state index contributed by atoms with van der Waals surface area (Å²) >= 11 is 0. The minimum Gasteiger partial charge on any atom is -0.480 e. The Labute approximate surface area is 151 Å². The molecule has 0 saturated carbocycles. The lowest BCUT2D eigenvalue weighted by Gasteiger charge is -2.46. The topological polar surface area (TPSA) is 84.7 Å². The van der Waals surface area contributed by atoms with Crippen LogP contribution in [0.1, 0.15) is 35.4 Å². The second kappa shape index (κ2) is 6.48. The second-order valence-corrected chi connectivity index (χ2v) is 6.87. The number of benzene rings is 1. The van der Waals surface area contributed by atoms with Crippen molar-refractivity contribution < 1.29 is 18.8 Å². The first kappa shape index (κ1) is 16.6. The van der Waals surface area contributed by atoms with Crippen molar-refractivity contribution in [2.45, 2.75) is 30.8 Å². The van der Waals surface area contributed by atoms with Gasteiger partial charge in [-0.05, 0) is 18.9 Å². The summed E-state index contributed by atoms with van der Waals surface area (Å²) in [4.78, 5) is 26.5. The molecule has 2 aromatic rings. The molecule has 2 aliphatic rings. The van der Waals surface area contributed by atoms with Gasteiger partial charge in [0.15, 0.2) is 6.10 Å². The van der Waals surface area contributed by atoms with E-state index >= 15 is 0 Å². The van der Waals surface area contributed by atoms with Gasteiger partial charge in [-0.3, -0.25) is 9.59 Å². The summed E-state index contributed by atoms with van der Waals surface area (Å²) in [6, 6.07) is 9.48. The number of nitrogens with zero attached hydrogens (tertiary/aromatic N) is 2. The summed E-state index contributed by atoms with van der Waals surface area (Å²) < 4.78 is 10.9. The van der Waals surface area contributed by atoms with E-state index < -0.39 is 6.10 Å². The lowest BCUT2D eigenvalue weighted by Crippen LogP contribution is -2.51. The van der Waals surface area contributed by atoms with Crippen molar-refractivity contribution in [3.8, 4) is 5.75 Å². The molecule has 1 atom stereocenters. The second-order valence-electron chi connectivity index (χ2n) is 6.87. The highest BCUT2D eigenvalue weighted by Crippen LogP contribution is 2.47. The van der Waals surface area contributed by atoms with Crippen molar-refractivity contribution >= 4 is 11.8 Å². The highest BCUT2D eigenvalue weighted by atomic mass is 16.5. The number of likely N-dealkylation sites (N-methyl/N-ethyl adjacent to an activating group) is 1. The average molecular weight is 355 g/mol. The van der Waals surface area contributed by atoms with Crippen molar-refractivity contribution in [3.63, 3.8) is 0 Å². The molecule has 1 spiro atoms. The molecule has 1 fully saturated rings. The largest absolute Gasteiger partial charge is 0.480 e. The fourth-order valence-corrected chi connectivity index (χ4v) is 4.07. The number of fused-ring (bicyclic) bond motifs is 2. The summed E-state index contributed by atoms with van der Waals surface area (Å²) in [5.74, 6) is 0.776. The number of hydrogen-bond donors (Lipinski definition) is 1. The van der Waals surface area contributed by atoms with Crippen molar-refractivity contribution in [2.24, 2.45) is 0 Å². The van der Waals surface area contributed by atoms with Crippen LogP contribution in [0.4, 0.5) is 0 Å². The Morgan fingerprint density at radius 3 is 2.69 bits per heavy atom. The maximum Gasteiger partial charge on any atom is 0.292 e. The molecule has 1 saturated heterocycles. The third-order valence-corrected chi connectivity index (χ3v) is 5.50. The summed E-state index contributed by atoms with van der Waals surface area (Å²) in [6.45, 7) is 1.21. The lowest BCUT2D eigenvalue weighted by molar-refractivity contribution is -0.129. The number of ether oxygens (including phenoxy) is 1. The van der Waals surface area contributed by atoms with Crippen molar-refractivity contribution in [2.75, 3.05) is 20.1 Å². The van der Waals surface area contributed by atoms with Crippen LogP contribution in [0.5, 0.6) is 5.75 Å². The molecule has 1 unspecified atom stereocenters. The first-order chi connectivity index (χ1) is 12.6. The molecule has 3 heterocycles. The van der Waals surface area contributed by atoms with Crippen molar-refractivity contribution in [1.82, 2.24) is 15.4 Å². The zero-order valence-electron chi connectivity index (χ0n) is 14.6. The predicted octanol–water partition coefficient (Wildman–Crippen LogP) is 1.75. The van der Waals surface area contributed by atoms with E-state index in [1.165, 1.54) is 6.20 Å². The van der Waals surface area contributed by atoms with Crippen LogP contribution in [-0.4, -0.2) is 48.1 Å². The Bertz CT molecular complexity index is 810. The molecule has 7 nitrogen and oxygen atoms in total. The molecule has 1 N–H and O–H groups in total. The maximum absolute atomic E-state index is 12.5. The minimum atomic E-state index is -0.508. The van der Waals surface area contributed by atoms with Crippen LogP contribution >= 0.6 is 0 Å². The molecule has 136 valence electrons. The highest BCUT2D eigenvalue weighted by Gasteiger charge is 2.46. The van der Waals surface area contributed by atoms with E-state index in [1.807, 2.05) is 18.2 Å². The monoisotopic (exact) mass is 355 g/mol. The number of carbonyl (C=O) groups excluding carboxylic acids is 2. The molecule has 0 radical (unpaired) electrons. The number of amides is 2. The third-order valence-electron chi connectivity index (χ3n) is 5.50. The van der Waals surface area contributed by atoms with Crippen LogP contribution in [0.25, 0.3) is 0 Å². The molecule has 7 heteroatoms. The number of piperidine rings is 1. The Balaban J connectivity index is 1.58. The molecule has 2 aliphatic heterocycles. The summed E-state index contributed by atoms with van der Waals surface area (Å²) in [5.41, 5.74) is 0.969. The van der Waals surface area contributed by atoms with Gasteiger partial charge in [0.05, 0.1) is 6.20 Å². The molecule has 26 heavy (non-hydrogen) atoms. The summed E-state index contributed by atoms with van der Waals surface area (Å²) in [6.07, 6.45) is 3.14. The Hall–Kier alpha value is -2.83. The molecule has 1 aromatic carbocycles. The highest BCUT2D eigenvalue weighted by molar-refractivity contribution is 5.91. The van der Waals surface area contributed by atoms with E-state index in [2.05, 4.69) is 16.5 Å². The number of nitrogens with one attached hydrogen (secondary N) is 1. The molecule has 0 bridgehead atoms. The number of aromatic nitrogens is 1. The van der Waals surface area contributed by atoms with E-state index in [1.54, 1.807) is 18.0 Å². The number of rotatable bonds is 2. The van der Waals surface area contributed by atoms with Gasteiger partial charge >= 0.3 is 0 Å². The van der Waals surface area contributed by atoms with E-state index in [0.29, 0.717) is 19.5 Å². The first-order valence-electron chi connectivity index (χ1n) is 8.81. The van der Waals surface area contributed by atoms with Gasteiger partial charge in [-0.15, -0.1) is 0 Å². The van der Waals surface area contributed by atoms with Gasteiger partial charge in [0.25, 0.3) is 11.8 Å². The van der Waals surface area contributed by atoms with Gasteiger partial charge in [0, 0.05) is 43.6 Å². The Kier molecular flexibility index (Phi) is 4.14. The van der Waals surface area contributed by atoms with E-state index in [-0.39, 0.29) is 23.0 Å². The minimum absolute atomic E-state index is 0.112. The van der Waals surface area contributed by atoms with Gasteiger partial charge in [-0.25, -0.2) is 0 Å². The van der Waals surface area contributed by atoms with Gasteiger partial charge < -0.3 is 19.5 Å². The number of para-hydroxylation sites is 1. The van der Waals surface area contributed by atoms with Crippen LogP contribution in [0, 0.1) is 0 Å². The fraction of sp³-hybridized carbons (Fsp3) is 0.421. The van der Waals surface area contributed by atoms with E-state index in [0.717, 1.165) is 24.2 Å². The Morgan fingerprint density at radius 2 is 2.00 bits per heavy atom. The quantitative estimate of drug-likeness (QED) is 0.887. The summed E-state index contributed by atoms with van der Waals surface area (Å²) in [7, 11) is 1.62. The van der Waals surface area contributed by atoms with Gasteiger partial charge in [0.1, 0.15) is 5.75 Å². The van der Waals surface area contributed by atoms with E-state index in [4.69, 9.17) is 9.26 Å². The summed E-state index contributed by atoms with van der Waals surface area (Å²) in [5, 5.41) is 6.29. The Morgan fingerprint density at radius 1 is 1.23 bits per heavy atom. The molecule has 2 amide bonds. The predicted molar refractivity (Wildman–Crippen MR) is 92.9 cm³/mol. The maximum atomic E-state index is 12.5. The normalized spacial score (nSPS) is 21.0. The SMILES string of the molecule is CNC(=O)C1CC2(CCN(C(=O)c3ccno3)CC2)c2ccccc2O1. The van der Waals surface area contributed by atoms with Crippen LogP contribution in [0.3, 0.4) is 0 Å². The van der Waals surface area contributed by atoms with Crippen molar-refractivity contribution in [3.05, 3.63) is 47.9 Å².